The highest BCUT2D eigenvalue weighted by Gasteiger charge is 2.33. The Morgan fingerprint density at radius 2 is 1.86 bits per heavy atom. The maximum atomic E-state index is 5.01. The highest BCUT2D eigenvalue weighted by molar-refractivity contribution is 5.24. The third kappa shape index (κ3) is 2.77. The zero-order chi connectivity index (χ0) is 14.2. The second-order valence-corrected chi connectivity index (χ2v) is 7.47. The van der Waals surface area contributed by atoms with Crippen molar-refractivity contribution in [3.63, 3.8) is 0 Å². The highest BCUT2D eigenvalue weighted by Crippen LogP contribution is 2.41. The fourth-order valence-corrected chi connectivity index (χ4v) is 4.33. The Morgan fingerprint density at radius 1 is 1.10 bits per heavy atom. The molecule has 0 unspecified atom stereocenters. The Hall–Kier alpha value is -0.830. The van der Waals surface area contributed by atoms with Gasteiger partial charge in [-0.25, -0.2) is 4.98 Å². The summed E-state index contributed by atoms with van der Waals surface area (Å²) in [4.78, 5) is 5.01. The summed E-state index contributed by atoms with van der Waals surface area (Å²) in [6, 6.07) is 0. The first-order chi connectivity index (χ1) is 10.3. The summed E-state index contributed by atoms with van der Waals surface area (Å²) in [7, 11) is 0. The molecule has 0 saturated heterocycles. The lowest BCUT2D eigenvalue weighted by molar-refractivity contribution is 0.244. The van der Waals surface area contributed by atoms with Gasteiger partial charge in [0.2, 0.25) is 0 Å². The summed E-state index contributed by atoms with van der Waals surface area (Å²) in [6.45, 7) is 5.73. The minimum absolute atomic E-state index is 0.780. The van der Waals surface area contributed by atoms with Crippen LogP contribution in [-0.2, 0) is 19.5 Å². The smallest absolute Gasteiger partial charge is 0.112 e. The van der Waals surface area contributed by atoms with E-state index in [2.05, 4.69) is 16.8 Å². The summed E-state index contributed by atoms with van der Waals surface area (Å²) >= 11 is 0. The normalized spacial score (nSPS) is 29.4. The molecule has 3 nitrogen and oxygen atoms in total. The van der Waals surface area contributed by atoms with E-state index in [-0.39, 0.29) is 0 Å². The van der Waals surface area contributed by atoms with E-state index in [9.17, 15) is 0 Å². The van der Waals surface area contributed by atoms with Gasteiger partial charge in [0.15, 0.2) is 0 Å². The van der Waals surface area contributed by atoms with Gasteiger partial charge in [-0.2, -0.15) is 0 Å². The number of hydrogen-bond donors (Lipinski definition) is 1. The predicted octanol–water partition coefficient (Wildman–Crippen LogP) is 3.62. The molecule has 1 aromatic rings. The second kappa shape index (κ2) is 5.75. The van der Waals surface area contributed by atoms with E-state index in [0.717, 1.165) is 30.8 Å². The van der Waals surface area contributed by atoms with Gasteiger partial charge >= 0.3 is 0 Å². The van der Waals surface area contributed by atoms with Crippen LogP contribution in [0.15, 0.2) is 0 Å². The minimum atomic E-state index is 0.780. The van der Waals surface area contributed by atoms with E-state index in [1.54, 1.807) is 5.69 Å². The monoisotopic (exact) mass is 287 g/mol. The molecular formula is C18H29N3. The molecule has 2 heterocycles. The van der Waals surface area contributed by atoms with Crippen molar-refractivity contribution < 1.29 is 0 Å². The van der Waals surface area contributed by atoms with Gasteiger partial charge in [-0.05, 0) is 37.5 Å². The molecule has 1 aliphatic heterocycles. The van der Waals surface area contributed by atoms with Crippen molar-refractivity contribution in [2.24, 2.45) is 11.8 Å². The topological polar surface area (TPSA) is 29.9 Å². The lowest BCUT2D eigenvalue weighted by Gasteiger charge is -2.29. The zero-order valence-corrected chi connectivity index (χ0v) is 13.4. The van der Waals surface area contributed by atoms with E-state index >= 15 is 0 Å². The average Bonchev–Trinajstić information content (AvgIpc) is 3.32. The molecule has 0 aromatic carbocycles. The lowest BCUT2D eigenvalue weighted by atomic mass is 9.81. The summed E-state index contributed by atoms with van der Waals surface area (Å²) in [5.74, 6) is 4.12. The van der Waals surface area contributed by atoms with Gasteiger partial charge in [0.1, 0.15) is 5.82 Å². The molecule has 4 rings (SSSR count). The Balaban J connectivity index is 1.52. The van der Waals surface area contributed by atoms with Crippen molar-refractivity contribution in [2.45, 2.75) is 77.3 Å². The second-order valence-electron chi connectivity index (χ2n) is 7.47. The number of nitrogens with zero attached hydrogens (tertiary/aromatic N) is 2. The molecule has 2 saturated carbocycles. The van der Waals surface area contributed by atoms with Crippen LogP contribution in [0.3, 0.4) is 0 Å². The molecular weight excluding hydrogens is 258 g/mol. The SMILES string of the molecule is CCC1CCC(Cn2c(C3CC3)nc3c2CCNC3)CC1. The van der Waals surface area contributed by atoms with Crippen LogP contribution in [0, 0.1) is 11.8 Å². The Kier molecular flexibility index (Phi) is 3.78. The third-order valence-corrected chi connectivity index (χ3v) is 5.94. The third-order valence-electron chi connectivity index (χ3n) is 5.94. The standard InChI is InChI=1S/C18H29N3/c1-2-13-3-5-14(6-4-13)12-21-17-9-10-19-11-16(17)20-18(21)15-7-8-15/h13-15,19H,2-12H2,1H3. The predicted molar refractivity (Wildman–Crippen MR) is 85.4 cm³/mol. The number of imidazole rings is 1. The first-order valence-corrected chi connectivity index (χ1v) is 9.14. The molecule has 0 spiro atoms. The summed E-state index contributed by atoms with van der Waals surface area (Å²) in [6.07, 6.45) is 11.1. The maximum absolute atomic E-state index is 5.01. The number of nitrogens with one attached hydrogen (secondary N) is 1. The molecule has 0 amide bonds. The van der Waals surface area contributed by atoms with E-state index in [0.29, 0.717) is 0 Å². The molecule has 1 N–H and O–H groups in total. The minimum Gasteiger partial charge on any atom is -0.331 e. The number of aromatic nitrogens is 2. The van der Waals surface area contributed by atoms with Crippen LogP contribution in [0.1, 0.15) is 75.0 Å². The van der Waals surface area contributed by atoms with Gasteiger partial charge in [-0.15, -0.1) is 0 Å². The summed E-state index contributed by atoms with van der Waals surface area (Å²) < 4.78 is 2.66. The number of rotatable bonds is 4. The molecule has 2 fully saturated rings. The molecule has 2 aliphatic carbocycles. The van der Waals surface area contributed by atoms with Gasteiger partial charge < -0.3 is 9.88 Å². The van der Waals surface area contributed by atoms with Crippen LogP contribution in [0.5, 0.6) is 0 Å². The van der Waals surface area contributed by atoms with E-state index in [4.69, 9.17) is 4.98 Å². The van der Waals surface area contributed by atoms with Gasteiger partial charge in [-0.1, -0.05) is 26.2 Å². The first-order valence-electron chi connectivity index (χ1n) is 9.14. The molecule has 3 heteroatoms. The largest absolute Gasteiger partial charge is 0.331 e. The Labute approximate surface area is 128 Å². The van der Waals surface area contributed by atoms with E-state index in [1.807, 2.05) is 0 Å². The van der Waals surface area contributed by atoms with E-state index < -0.39 is 0 Å². The summed E-state index contributed by atoms with van der Waals surface area (Å²) in [5, 5.41) is 3.48. The quantitative estimate of drug-likeness (QED) is 0.916. The fourth-order valence-electron chi connectivity index (χ4n) is 4.33. The highest BCUT2D eigenvalue weighted by atomic mass is 15.1. The summed E-state index contributed by atoms with van der Waals surface area (Å²) in [5.41, 5.74) is 2.92. The van der Waals surface area contributed by atoms with Crippen molar-refractivity contribution in [3.8, 4) is 0 Å². The molecule has 0 atom stereocenters. The molecule has 0 bridgehead atoms. The van der Waals surface area contributed by atoms with Crippen LogP contribution in [-0.4, -0.2) is 16.1 Å². The van der Waals surface area contributed by atoms with Crippen molar-refractivity contribution in [1.82, 2.24) is 14.9 Å². The Bertz CT molecular complexity index is 493. The van der Waals surface area contributed by atoms with Crippen LogP contribution in [0.2, 0.25) is 0 Å². The van der Waals surface area contributed by atoms with Gasteiger partial charge in [0, 0.05) is 37.7 Å². The zero-order valence-electron chi connectivity index (χ0n) is 13.4. The Morgan fingerprint density at radius 3 is 2.57 bits per heavy atom. The van der Waals surface area contributed by atoms with Crippen LogP contribution in [0.4, 0.5) is 0 Å². The maximum Gasteiger partial charge on any atom is 0.112 e. The van der Waals surface area contributed by atoms with Crippen molar-refractivity contribution in [2.75, 3.05) is 6.54 Å². The van der Waals surface area contributed by atoms with Gasteiger partial charge in [0.25, 0.3) is 0 Å². The fraction of sp³-hybridized carbons (Fsp3) is 0.833. The van der Waals surface area contributed by atoms with Crippen molar-refractivity contribution >= 4 is 0 Å². The van der Waals surface area contributed by atoms with Crippen molar-refractivity contribution in [3.05, 3.63) is 17.2 Å². The lowest BCUT2D eigenvalue weighted by Crippen LogP contribution is -2.26. The van der Waals surface area contributed by atoms with Crippen LogP contribution < -0.4 is 5.32 Å². The van der Waals surface area contributed by atoms with Gasteiger partial charge in [0.05, 0.1) is 5.69 Å². The van der Waals surface area contributed by atoms with E-state index in [1.165, 1.54) is 69.4 Å². The average molecular weight is 287 g/mol. The first kappa shape index (κ1) is 13.8. The molecule has 3 aliphatic rings. The molecule has 1 aromatic heterocycles. The van der Waals surface area contributed by atoms with Crippen molar-refractivity contribution in [1.29, 1.82) is 0 Å². The molecule has 0 radical (unpaired) electrons. The molecule has 21 heavy (non-hydrogen) atoms. The van der Waals surface area contributed by atoms with Gasteiger partial charge in [-0.3, -0.25) is 0 Å². The number of hydrogen-bond acceptors (Lipinski definition) is 2. The van der Waals surface area contributed by atoms with Crippen LogP contribution >= 0.6 is 0 Å². The molecule has 116 valence electrons. The van der Waals surface area contributed by atoms with Crippen LogP contribution in [0.25, 0.3) is 0 Å². The number of fused-ring (bicyclic) bond motifs is 1.